The standard InChI is InChI=1S/C12H11F3N4/c13-12(14,15)9-3-1-2-8(6-9)11(19-16)10-4-5-17-7-18-10/h1-7,11,19H,16H2. The number of nitrogens with two attached hydrogens (primary N) is 1. The fraction of sp³-hybridized carbons (Fsp3) is 0.167. The van der Waals surface area contributed by atoms with E-state index in [1.807, 2.05) is 0 Å². The van der Waals surface area contributed by atoms with Gasteiger partial charge in [-0.05, 0) is 23.8 Å². The molecule has 100 valence electrons. The number of rotatable bonds is 3. The Balaban J connectivity index is 2.40. The number of halogens is 3. The first-order valence-corrected chi connectivity index (χ1v) is 5.41. The molecule has 0 aliphatic heterocycles. The van der Waals surface area contributed by atoms with Crippen LogP contribution in [-0.2, 0) is 6.18 Å². The minimum atomic E-state index is -4.39. The Bertz CT molecular complexity index is 542. The SMILES string of the molecule is NNC(c1cccc(C(F)(F)F)c1)c1ccncn1. The zero-order valence-corrected chi connectivity index (χ0v) is 9.72. The molecule has 0 amide bonds. The fourth-order valence-corrected chi connectivity index (χ4v) is 1.72. The minimum absolute atomic E-state index is 0.385. The molecule has 19 heavy (non-hydrogen) atoms. The molecule has 0 saturated carbocycles. The number of nitrogens with one attached hydrogen (secondary N) is 1. The molecule has 2 aromatic rings. The highest BCUT2D eigenvalue weighted by Gasteiger charge is 2.31. The second-order valence-electron chi connectivity index (χ2n) is 3.86. The van der Waals surface area contributed by atoms with E-state index in [1.165, 1.54) is 18.6 Å². The normalized spacial score (nSPS) is 13.3. The number of hydrogen-bond acceptors (Lipinski definition) is 4. The van der Waals surface area contributed by atoms with Gasteiger partial charge in [0.05, 0.1) is 17.3 Å². The molecule has 7 heteroatoms. The molecule has 3 N–H and O–H groups in total. The van der Waals surface area contributed by atoms with Gasteiger partial charge in [0.2, 0.25) is 0 Å². The van der Waals surface area contributed by atoms with Gasteiger partial charge in [-0.2, -0.15) is 13.2 Å². The number of hydrogen-bond donors (Lipinski definition) is 2. The molecule has 1 atom stereocenters. The van der Waals surface area contributed by atoms with Crippen molar-refractivity contribution in [1.82, 2.24) is 15.4 Å². The first-order chi connectivity index (χ1) is 9.02. The van der Waals surface area contributed by atoms with Gasteiger partial charge in [-0.1, -0.05) is 12.1 Å². The van der Waals surface area contributed by atoms with Crippen LogP contribution in [0.5, 0.6) is 0 Å². The Hall–Kier alpha value is -1.99. The quantitative estimate of drug-likeness (QED) is 0.660. The molecule has 0 radical (unpaired) electrons. The van der Waals surface area contributed by atoms with Crippen molar-refractivity contribution in [3.63, 3.8) is 0 Å². The summed E-state index contributed by atoms with van der Waals surface area (Å²) < 4.78 is 38.0. The molecule has 4 nitrogen and oxygen atoms in total. The van der Waals surface area contributed by atoms with Gasteiger partial charge in [-0.25, -0.2) is 15.4 Å². The molecule has 1 heterocycles. The van der Waals surface area contributed by atoms with Gasteiger partial charge in [-0.3, -0.25) is 5.84 Å². The predicted octanol–water partition coefficient (Wildman–Crippen LogP) is 2.05. The Morgan fingerprint density at radius 1 is 1.21 bits per heavy atom. The molecule has 0 spiro atoms. The van der Waals surface area contributed by atoms with Gasteiger partial charge < -0.3 is 0 Å². The summed E-state index contributed by atoms with van der Waals surface area (Å²) in [5, 5.41) is 0. The topological polar surface area (TPSA) is 63.8 Å². The van der Waals surface area contributed by atoms with Crippen molar-refractivity contribution in [2.45, 2.75) is 12.2 Å². The summed E-state index contributed by atoms with van der Waals surface area (Å²) >= 11 is 0. The van der Waals surface area contributed by atoms with Gasteiger partial charge in [-0.15, -0.1) is 0 Å². The summed E-state index contributed by atoms with van der Waals surface area (Å²) in [5.74, 6) is 5.40. The third kappa shape index (κ3) is 3.07. The first-order valence-electron chi connectivity index (χ1n) is 5.41. The summed E-state index contributed by atoms with van der Waals surface area (Å²) in [7, 11) is 0. The van der Waals surface area contributed by atoms with Crippen molar-refractivity contribution in [3.8, 4) is 0 Å². The molecular formula is C12H11F3N4. The first kappa shape index (κ1) is 13.4. The van der Waals surface area contributed by atoms with Crippen LogP contribution in [0.2, 0.25) is 0 Å². The van der Waals surface area contributed by atoms with Crippen molar-refractivity contribution in [3.05, 3.63) is 59.7 Å². The molecule has 1 aromatic carbocycles. The highest BCUT2D eigenvalue weighted by atomic mass is 19.4. The van der Waals surface area contributed by atoms with Crippen molar-refractivity contribution in [1.29, 1.82) is 0 Å². The lowest BCUT2D eigenvalue weighted by Crippen LogP contribution is -2.29. The Kier molecular flexibility index (Phi) is 3.77. The van der Waals surface area contributed by atoms with Crippen molar-refractivity contribution < 1.29 is 13.2 Å². The van der Waals surface area contributed by atoms with Crippen LogP contribution in [0.15, 0.2) is 42.9 Å². The van der Waals surface area contributed by atoms with Crippen LogP contribution in [0.3, 0.4) is 0 Å². The Morgan fingerprint density at radius 2 is 2.00 bits per heavy atom. The highest BCUT2D eigenvalue weighted by molar-refractivity contribution is 5.32. The lowest BCUT2D eigenvalue weighted by molar-refractivity contribution is -0.137. The van der Waals surface area contributed by atoms with Crippen molar-refractivity contribution >= 4 is 0 Å². The van der Waals surface area contributed by atoms with Crippen LogP contribution in [0.1, 0.15) is 22.9 Å². The molecule has 2 rings (SSSR count). The Morgan fingerprint density at radius 3 is 2.58 bits per heavy atom. The third-order valence-corrected chi connectivity index (χ3v) is 2.61. The van der Waals surface area contributed by atoms with E-state index < -0.39 is 17.8 Å². The van der Waals surface area contributed by atoms with Crippen LogP contribution in [0, 0.1) is 0 Å². The minimum Gasteiger partial charge on any atom is -0.271 e. The second-order valence-corrected chi connectivity index (χ2v) is 3.86. The lowest BCUT2D eigenvalue weighted by atomic mass is 10.0. The van der Waals surface area contributed by atoms with Crippen LogP contribution in [-0.4, -0.2) is 9.97 Å². The van der Waals surface area contributed by atoms with Crippen LogP contribution < -0.4 is 11.3 Å². The maximum absolute atomic E-state index is 12.7. The van der Waals surface area contributed by atoms with E-state index in [-0.39, 0.29) is 0 Å². The molecular weight excluding hydrogens is 257 g/mol. The molecule has 0 aliphatic carbocycles. The molecule has 0 aliphatic rings. The zero-order chi connectivity index (χ0) is 13.9. The van der Waals surface area contributed by atoms with E-state index >= 15 is 0 Å². The van der Waals surface area contributed by atoms with Crippen LogP contribution >= 0.6 is 0 Å². The second kappa shape index (κ2) is 5.33. The van der Waals surface area contributed by atoms with Crippen molar-refractivity contribution in [2.24, 2.45) is 5.84 Å². The average molecular weight is 268 g/mol. The maximum atomic E-state index is 12.7. The molecule has 0 bridgehead atoms. The number of hydrazine groups is 1. The van der Waals surface area contributed by atoms with E-state index in [9.17, 15) is 13.2 Å². The predicted molar refractivity (Wildman–Crippen MR) is 62.6 cm³/mol. The smallest absolute Gasteiger partial charge is 0.271 e. The van der Waals surface area contributed by atoms with Crippen LogP contribution in [0.4, 0.5) is 13.2 Å². The van der Waals surface area contributed by atoms with Gasteiger partial charge in [0.15, 0.2) is 0 Å². The molecule has 0 fully saturated rings. The highest BCUT2D eigenvalue weighted by Crippen LogP contribution is 2.31. The largest absolute Gasteiger partial charge is 0.416 e. The summed E-state index contributed by atoms with van der Waals surface area (Å²) in [6, 6.07) is 5.92. The Labute approximate surface area is 107 Å². The van der Waals surface area contributed by atoms with E-state index in [2.05, 4.69) is 15.4 Å². The third-order valence-electron chi connectivity index (χ3n) is 2.61. The maximum Gasteiger partial charge on any atom is 0.416 e. The number of benzene rings is 1. The molecule has 1 aromatic heterocycles. The van der Waals surface area contributed by atoms with Gasteiger partial charge in [0.1, 0.15) is 6.33 Å². The van der Waals surface area contributed by atoms with Crippen molar-refractivity contribution in [2.75, 3.05) is 0 Å². The summed E-state index contributed by atoms with van der Waals surface area (Å²) in [6.07, 6.45) is -1.58. The molecule has 0 saturated heterocycles. The van der Waals surface area contributed by atoms with Gasteiger partial charge in [0, 0.05) is 6.20 Å². The summed E-state index contributed by atoms with van der Waals surface area (Å²) in [6.45, 7) is 0. The lowest BCUT2D eigenvalue weighted by Gasteiger charge is -2.17. The van der Waals surface area contributed by atoms with Gasteiger partial charge in [0.25, 0.3) is 0 Å². The number of alkyl halides is 3. The zero-order valence-electron chi connectivity index (χ0n) is 9.72. The summed E-state index contributed by atoms with van der Waals surface area (Å²) in [5.41, 5.74) is 2.62. The van der Waals surface area contributed by atoms with E-state index in [4.69, 9.17) is 5.84 Å². The molecule has 1 unspecified atom stereocenters. The van der Waals surface area contributed by atoms with E-state index in [0.717, 1.165) is 12.1 Å². The fourth-order valence-electron chi connectivity index (χ4n) is 1.72. The van der Waals surface area contributed by atoms with E-state index in [0.29, 0.717) is 11.3 Å². The van der Waals surface area contributed by atoms with Gasteiger partial charge >= 0.3 is 6.18 Å². The van der Waals surface area contributed by atoms with E-state index in [1.54, 1.807) is 12.1 Å². The summed E-state index contributed by atoms with van der Waals surface area (Å²) in [4.78, 5) is 7.74. The average Bonchev–Trinajstić information content (AvgIpc) is 2.40. The number of nitrogens with zero attached hydrogens (tertiary/aromatic N) is 2. The van der Waals surface area contributed by atoms with Crippen LogP contribution in [0.25, 0.3) is 0 Å². The number of aromatic nitrogens is 2. The monoisotopic (exact) mass is 268 g/mol.